The minimum atomic E-state index is 0.409. The molecule has 8 nitrogen and oxygen atoms in total. The molecule has 9 heteroatoms. The molecule has 0 N–H and O–H groups in total. The Hall–Kier alpha value is -4.24. The third-order valence-electron chi connectivity index (χ3n) is 5.20. The van der Waals surface area contributed by atoms with E-state index in [-0.39, 0.29) is 0 Å². The summed E-state index contributed by atoms with van der Waals surface area (Å²) >= 11 is 0.466. The van der Waals surface area contributed by atoms with E-state index in [0.717, 1.165) is 22.1 Å². The fourth-order valence-electron chi connectivity index (χ4n) is 3.55. The van der Waals surface area contributed by atoms with E-state index >= 15 is 0 Å². The molecule has 5 aromatic rings. The van der Waals surface area contributed by atoms with Gasteiger partial charge in [0.1, 0.15) is 0 Å². The SMILES string of the molecule is COc1cc2nc(-n3cc(-c4ccc([S+]=O)cc4)cn3)nc(-c3cccnc3)c2cc1OC. The van der Waals surface area contributed by atoms with Crippen LogP contribution in [-0.2, 0) is 15.9 Å². The number of nitrogens with zero attached hydrogens (tertiary/aromatic N) is 5. The van der Waals surface area contributed by atoms with Crippen molar-refractivity contribution in [2.24, 2.45) is 0 Å². The van der Waals surface area contributed by atoms with Crippen molar-refractivity contribution in [2.45, 2.75) is 4.90 Å². The lowest BCUT2D eigenvalue weighted by Gasteiger charge is -2.12. The van der Waals surface area contributed by atoms with Crippen LogP contribution in [0.25, 0.3) is 39.2 Å². The molecule has 162 valence electrons. The second-order valence-electron chi connectivity index (χ2n) is 7.12. The third kappa shape index (κ3) is 3.90. The zero-order chi connectivity index (χ0) is 22.8. The maximum absolute atomic E-state index is 11.0. The lowest BCUT2D eigenvalue weighted by Crippen LogP contribution is -2.04. The molecule has 0 aliphatic rings. The maximum atomic E-state index is 11.0. The number of benzene rings is 2. The molecular weight excluding hydrogens is 438 g/mol. The summed E-state index contributed by atoms with van der Waals surface area (Å²) in [5.41, 5.74) is 4.06. The van der Waals surface area contributed by atoms with E-state index < -0.39 is 0 Å². The van der Waals surface area contributed by atoms with E-state index in [1.165, 1.54) is 0 Å². The smallest absolute Gasteiger partial charge is 0.493 e. The van der Waals surface area contributed by atoms with Gasteiger partial charge in [0.15, 0.2) is 11.5 Å². The van der Waals surface area contributed by atoms with Crippen LogP contribution in [0.4, 0.5) is 0 Å². The molecule has 0 amide bonds. The Labute approximate surface area is 193 Å². The topological polar surface area (TPSA) is 92.0 Å². The Morgan fingerprint density at radius 2 is 1.67 bits per heavy atom. The number of aromatic nitrogens is 5. The van der Waals surface area contributed by atoms with Gasteiger partial charge in [-0.2, -0.15) is 5.10 Å². The van der Waals surface area contributed by atoms with Gasteiger partial charge in [0.25, 0.3) is 10.8 Å². The van der Waals surface area contributed by atoms with Crippen LogP contribution in [-0.4, -0.2) is 39.0 Å². The van der Waals surface area contributed by atoms with Gasteiger partial charge < -0.3 is 9.47 Å². The molecule has 0 fully saturated rings. The molecule has 0 atom stereocenters. The van der Waals surface area contributed by atoms with Crippen LogP contribution in [0.2, 0.25) is 0 Å². The highest BCUT2D eigenvalue weighted by Crippen LogP contribution is 2.36. The quantitative estimate of drug-likeness (QED) is 0.351. The molecular formula is C24H18N5O3S+. The molecule has 0 saturated heterocycles. The second kappa shape index (κ2) is 8.71. The van der Waals surface area contributed by atoms with Crippen molar-refractivity contribution in [3.05, 3.63) is 73.3 Å². The van der Waals surface area contributed by atoms with Crippen LogP contribution < -0.4 is 9.47 Å². The van der Waals surface area contributed by atoms with E-state index in [9.17, 15) is 4.21 Å². The number of rotatable bonds is 6. The zero-order valence-electron chi connectivity index (χ0n) is 17.8. The van der Waals surface area contributed by atoms with Crippen LogP contribution in [0.15, 0.2) is 78.2 Å². The number of ether oxygens (including phenoxy) is 2. The van der Waals surface area contributed by atoms with Gasteiger partial charge in [-0.25, -0.2) is 14.6 Å². The van der Waals surface area contributed by atoms with E-state index in [4.69, 9.17) is 19.4 Å². The van der Waals surface area contributed by atoms with Crippen LogP contribution >= 0.6 is 0 Å². The van der Waals surface area contributed by atoms with E-state index in [0.29, 0.717) is 45.2 Å². The number of hydrogen-bond acceptors (Lipinski definition) is 7. The molecule has 0 radical (unpaired) electrons. The van der Waals surface area contributed by atoms with Crippen LogP contribution in [0.1, 0.15) is 0 Å². The van der Waals surface area contributed by atoms with E-state index in [2.05, 4.69) is 10.1 Å². The monoisotopic (exact) mass is 456 g/mol. The highest BCUT2D eigenvalue weighted by Gasteiger charge is 2.16. The molecule has 2 aromatic carbocycles. The summed E-state index contributed by atoms with van der Waals surface area (Å²) in [7, 11) is 3.18. The molecule has 0 aliphatic carbocycles. The summed E-state index contributed by atoms with van der Waals surface area (Å²) in [4.78, 5) is 14.5. The normalized spacial score (nSPS) is 10.8. The van der Waals surface area contributed by atoms with Gasteiger partial charge in [-0.1, -0.05) is 0 Å². The summed E-state index contributed by atoms with van der Waals surface area (Å²) in [6.07, 6.45) is 7.07. The second-order valence-corrected chi connectivity index (χ2v) is 7.76. The molecule has 0 unspecified atom stereocenters. The zero-order valence-corrected chi connectivity index (χ0v) is 18.6. The highest BCUT2D eigenvalue weighted by atomic mass is 32.1. The minimum Gasteiger partial charge on any atom is -0.493 e. The molecule has 0 spiro atoms. The van der Waals surface area contributed by atoms with Crippen molar-refractivity contribution in [3.8, 4) is 39.8 Å². The van der Waals surface area contributed by atoms with Crippen molar-refractivity contribution in [2.75, 3.05) is 14.2 Å². The summed E-state index contributed by atoms with van der Waals surface area (Å²) < 4.78 is 23.6. The first kappa shape index (κ1) is 20.7. The lowest BCUT2D eigenvalue weighted by molar-refractivity contribution is 0.356. The first-order valence-electron chi connectivity index (χ1n) is 9.99. The fourth-order valence-corrected chi connectivity index (χ4v) is 3.80. The minimum absolute atomic E-state index is 0.409. The van der Waals surface area contributed by atoms with Crippen LogP contribution in [0.5, 0.6) is 11.5 Å². The Bertz CT molecular complexity index is 1450. The first-order valence-corrected chi connectivity index (χ1v) is 10.7. The number of pyridine rings is 1. The van der Waals surface area contributed by atoms with Gasteiger partial charge in [-0.15, -0.1) is 0 Å². The summed E-state index contributed by atoms with van der Waals surface area (Å²) in [6, 6.07) is 14.8. The van der Waals surface area contributed by atoms with Crippen molar-refractivity contribution in [3.63, 3.8) is 0 Å². The maximum Gasteiger partial charge on any atom is 0.505 e. The lowest BCUT2D eigenvalue weighted by atomic mass is 10.1. The molecule has 0 aliphatic heterocycles. The Morgan fingerprint density at radius 3 is 2.36 bits per heavy atom. The number of methoxy groups -OCH3 is 2. The van der Waals surface area contributed by atoms with Gasteiger partial charge in [-0.05, 0) is 35.9 Å². The van der Waals surface area contributed by atoms with Gasteiger partial charge in [0, 0.05) is 57.5 Å². The molecule has 0 bridgehead atoms. The number of hydrogen-bond donors (Lipinski definition) is 0. The summed E-state index contributed by atoms with van der Waals surface area (Å²) in [5, 5.41) is 5.28. The molecule has 3 heterocycles. The molecule has 3 aromatic heterocycles. The van der Waals surface area contributed by atoms with Crippen LogP contribution in [0.3, 0.4) is 0 Å². The predicted octanol–water partition coefficient (Wildman–Crippen LogP) is 4.35. The third-order valence-corrected chi connectivity index (χ3v) is 5.66. The molecule has 0 saturated carbocycles. The Balaban J connectivity index is 1.67. The first-order chi connectivity index (χ1) is 16.2. The fraction of sp³-hybridized carbons (Fsp3) is 0.0833. The predicted molar refractivity (Wildman–Crippen MR) is 125 cm³/mol. The van der Waals surface area contributed by atoms with Gasteiger partial charge in [0.05, 0.1) is 31.6 Å². The van der Waals surface area contributed by atoms with Crippen molar-refractivity contribution >= 4 is 22.6 Å². The highest BCUT2D eigenvalue weighted by molar-refractivity contribution is 7.65. The van der Waals surface area contributed by atoms with Gasteiger partial charge in [-0.3, -0.25) is 4.98 Å². The van der Waals surface area contributed by atoms with E-state index in [1.807, 2.05) is 42.6 Å². The summed E-state index contributed by atoms with van der Waals surface area (Å²) in [5.74, 6) is 1.57. The average Bonchev–Trinajstić information content (AvgIpc) is 3.38. The average molecular weight is 457 g/mol. The van der Waals surface area contributed by atoms with Crippen molar-refractivity contribution in [1.29, 1.82) is 0 Å². The van der Waals surface area contributed by atoms with Crippen molar-refractivity contribution in [1.82, 2.24) is 24.7 Å². The molecule has 5 rings (SSSR count). The Kier molecular flexibility index (Phi) is 5.45. The number of fused-ring (bicyclic) bond motifs is 1. The van der Waals surface area contributed by atoms with Gasteiger partial charge in [0.2, 0.25) is 0 Å². The summed E-state index contributed by atoms with van der Waals surface area (Å²) in [6.45, 7) is 0. The van der Waals surface area contributed by atoms with Gasteiger partial charge >= 0.3 is 11.7 Å². The van der Waals surface area contributed by atoms with E-state index in [1.54, 1.807) is 49.6 Å². The van der Waals surface area contributed by atoms with Crippen LogP contribution in [0, 0.1) is 0 Å². The largest absolute Gasteiger partial charge is 0.505 e. The molecule has 33 heavy (non-hydrogen) atoms. The standard InChI is InChI=1S/C24H18N5O3S/c1-31-21-10-19-20(11-22(21)32-2)27-24(28-23(19)16-4-3-9-25-12-16)29-14-17(13-26-29)15-5-7-18(33-30)8-6-15/h3-14H,1-2H3/q+1. The Morgan fingerprint density at radius 1 is 0.879 bits per heavy atom. The van der Waals surface area contributed by atoms with Crippen molar-refractivity contribution < 1.29 is 13.7 Å².